The maximum atomic E-state index is 9.21. The van der Waals surface area contributed by atoms with Crippen LogP contribution in [-0.4, -0.2) is 31.2 Å². The molecule has 1 heterocycles. The van der Waals surface area contributed by atoms with Gasteiger partial charge in [-0.2, -0.15) is 11.6 Å². The Morgan fingerprint density at radius 3 is 2.65 bits per heavy atom. The van der Waals surface area contributed by atoms with Crippen molar-refractivity contribution in [2.75, 3.05) is 26.3 Å². The minimum Gasteiger partial charge on any atom is -0.379 e. The largest absolute Gasteiger partial charge is 1.00 e. The number of ether oxygens (including phenoxy) is 1. The molecule has 0 amide bonds. The third-order valence-electron chi connectivity index (χ3n) is 2.53. The molecule has 1 saturated heterocycles. The number of rotatable bonds is 2. The number of nitriles is 1. The number of morpholine rings is 1. The quantitative estimate of drug-likeness (QED) is 0.509. The van der Waals surface area contributed by atoms with Gasteiger partial charge in [0.1, 0.15) is 0 Å². The minimum absolute atomic E-state index is 0. The molecule has 84 valence electrons. The van der Waals surface area contributed by atoms with Crippen LogP contribution < -0.4 is 29.6 Å². The Labute approximate surface area is 129 Å². The molecule has 0 saturated carbocycles. The van der Waals surface area contributed by atoms with Crippen molar-refractivity contribution in [1.82, 2.24) is 4.90 Å². The third kappa shape index (κ3) is 3.89. The van der Waals surface area contributed by atoms with Crippen molar-refractivity contribution in [2.24, 2.45) is 0 Å². The van der Waals surface area contributed by atoms with E-state index in [0.29, 0.717) is 24.3 Å². The Bertz CT molecular complexity index is 402. The van der Waals surface area contributed by atoms with Crippen molar-refractivity contribution in [2.45, 2.75) is 0 Å². The fraction of sp³-hybridized carbons (Fsp3) is 0.333. The average molecular weight is 259 g/mol. The molecular weight excluding hydrogens is 247 g/mol. The molecule has 1 aromatic rings. The number of benzene rings is 1. The molecule has 1 aromatic carbocycles. The first-order valence-corrected chi connectivity index (χ1v) is 5.55. The first-order chi connectivity index (χ1) is 7.81. The van der Waals surface area contributed by atoms with E-state index >= 15 is 0 Å². The van der Waals surface area contributed by atoms with Gasteiger partial charge in [-0.15, -0.1) is 12.1 Å². The summed E-state index contributed by atoms with van der Waals surface area (Å²) in [6, 6.07) is 10.3. The second-order valence-corrected chi connectivity index (χ2v) is 4.01. The minimum atomic E-state index is 0. The van der Waals surface area contributed by atoms with Crippen molar-refractivity contribution >= 4 is 11.6 Å². The summed E-state index contributed by atoms with van der Waals surface area (Å²) in [6.45, 7) is 2.86. The zero-order valence-corrected chi connectivity index (χ0v) is 12.6. The summed E-state index contributed by atoms with van der Waals surface area (Å²) in [7, 11) is 0. The predicted molar refractivity (Wildman–Crippen MR) is 61.8 cm³/mol. The Morgan fingerprint density at radius 1 is 1.35 bits per heavy atom. The van der Waals surface area contributed by atoms with E-state index in [1.54, 1.807) is 6.07 Å². The van der Waals surface area contributed by atoms with Gasteiger partial charge in [0.2, 0.25) is 0 Å². The Balaban J connectivity index is 0.00000144. The molecule has 0 spiro atoms. The number of hydrogen-bond acceptors (Lipinski definition) is 3. The number of hydrogen-bond donors (Lipinski definition) is 0. The SMILES string of the molecule is N#C[C-](c1cccc(Cl)c1)N1CCOCC1.[Na+]. The van der Waals surface area contributed by atoms with Crippen LogP contribution in [0, 0.1) is 17.4 Å². The molecule has 1 fully saturated rings. The van der Waals surface area contributed by atoms with Crippen LogP contribution in [0.2, 0.25) is 5.02 Å². The van der Waals surface area contributed by atoms with Crippen LogP contribution in [0.15, 0.2) is 24.3 Å². The predicted octanol–water partition coefficient (Wildman–Crippen LogP) is -0.920. The molecule has 0 aliphatic carbocycles. The van der Waals surface area contributed by atoms with E-state index in [1.165, 1.54) is 0 Å². The third-order valence-corrected chi connectivity index (χ3v) is 2.77. The van der Waals surface area contributed by atoms with Crippen LogP contribution in [0.25, 0.3) is 0 Å². The van der Waals surface area contributed by atoms with E-state index in [-0.39, 0.29) is 29.6 Å². The van der Waals surface area contributed by atoms with Crippen molar-refractivity contribution in [1.29, 1.82) is 5.26 Å². The standard InChI is InChI=1S/C12H12ClN2O.Na/c13-11-3-1-2-10(8-11)12(9-14)15-4-6-16-7-5-15;/h1-3,8H,4-7H2;/q-1;+1. The van der Waals surface area contributed by atoms with Gasteiger partial charge in [-0.3, -0.25) is 0 Å². The first-order valence-electron chi connectivity index (χ1n) is 5.17. The number of nitrogens with zero attached hydrogens (tertiary/aromatic N) is 2. The molecule has 3 nitrogen and oxygen atoms in total. The van der Waals surface area contributed by atoms with E-state index in [1.807, 2.05) is 23.1 Å². The van der Waals surface area contributed by atoms with Gasteiger partial charge < -0.3 is 9.64 Å². The van der Waals surface area contributed by atoms with Gasteiger partial charge in [0, 0.05) is 19.2 Å². The summed E-state index contributed by atoms with van der Waals surface area (Å²) in [4.78, 5) is 2.04. The monoisotopic (exact) mass is 258 g/mol. The van der Waals surface area contributed by atoms with E-state index in [0.717, 1.165) is 18.7 Å². The van der Waals surface area contributed by atoms with Crippen LogP contribution >= 0.6 is 11.6 Å². The fourth-order valence-corrected chi connectivity index (χ4v) is 1.93. The van der Waals surface area contributed by atoms with Crippen LogP contribution in [0.3, 0.4) is 0 Å². The van der Waals surface area contributed by atoms with Crippen LogP contribution in [0.4, 0.5) is 0 Å². The van der Waals surface area contributed by atoms with Gasteiger partial charge >= 0.3 is 29.6 Å². The zero-order chi connectivity index (χ0) is 11.4. The maximum Gasteiger partial charge on any atom is 1.00 e. The molecule has 1 aliphatic rings. The van der Waals surface area contributed by atoms with Gasteiger partial charge in [0.25, 0.3) is 0 Å². The molecule has 0 atom stereocenters. The van der Waals surface area contributed by atoms with Gasteiger partial charge in [0.05, 0.1) is 13.2 Å². The summed E-state index contributed by atoms with van der Waals surface area (Å²) in [5.74, 6) is 0. The summed E-state index contributed by atoms with van der Waals surface area (Å²) in [5, 5.41) is 9.86. The smallest absolute Gasteiger partial charge is 0.379 e. The Morgan fingerprint density at radius 2 is 2.06 bits per heavy atom. The zero-order valence-electron chi connectivity index (χ0n) is 9.82. The van der Waals surface area contributed by atoms with Crippen LogP contribution in [0.1, 0.15) is 5.56 Å². The van der Waals surface area contributed by atoms with E-state index in [2.05, 4.69) is 6.07 Å². The van der Waals surface area contributed by atoms with Crippen molar-refractivity contribution in [3.63, 3.8) is 0 Å². The molecule has 5 heteroatoms. The second kappa shape index (κ2) is 7.27. The van der Waals surface area contributed by atoms with Crippen molar-refractivity contribution in [3.05, 3.63) is 40.9 Å². The van der Waals surface area contributed by atoms with Gasteiger partial charge in [-0.1, -0.05) is 17.7 Å². The summed E-state index contributed by atoms with van der Waals surface area (Å²) in [6.07, 6.45) is 0. The van der Waals surface area contributed by atoms with E-state index < -0.39 is 0 Å². The summed E-state index contributed by atoms with van der Waals surface area (Å²) >= 11 is 5.92. The Kier molecular flexibility index (Phi) is 6.35. The molecule has 0 bridgehead atoms. The van der Waals surface area contributed by atoms with E-state index in [9.17, 15) is 5.26 Å². The number of halogens is 1. The maximum absolute atomic E-state index is 9.21. The van der Waals surface area contributed by atoms with E-state index in [4.69, 9.17) is 16.3 Å². The molecule has 0 unspecified atom stereocenters. The molecule has 17 heavy (non-hydrogen) atoms. The normalized spacial score (nSPS) is 15.8. The van der Waals surface area contributed by atoms with Gasteiger partial charge in [-0.05, 0) is 11.1 Å². The molecule has 2 rings (SSSR count). The van der Waals surface area contributed by atoms with Crippen LogP contribution in [-0.2, 0) is 4.74 Å². The summed E-state index contributed by atoms with van der Waals surface area (Å²) in [5.41, 5.74) is 0.872. The van der Waals surface area contributed by atoms with Crippen molar-refractivity contribution in [3.8, 4) is 6.07 Å². The van der Waals surface area contributed by atoms with Crippen LogP contribution in [0.5, 0.6) is 0 Å². The molecule has 0 N–H and O–H groups in total. The second-order valence-electron chi connectivity index (χ2n) is 3.57. The first kappa shape index (κ1) is 14.8. The van der Waals surface area contributed by atoms with Gasteiger partial charge in [0.15, 0.2) is 0 Å². The van der Waals surface area contributed by atoms with Gasteiger partial charge in [-0.25, -0.2) is 5.26 Å². The fourth-order valence-electron chi connectivity index (χ4n) is 1.74. The molecule has 0 radical (unpaired) electrons. The molecule has 1 aliphatic heterocycles. The average Bonchev–Trinajstić information content (AvgIpc) is 2.31. The molecular formula is C12H12ClN2NaO. The summed E-state index contributed by atoms with van der Waals surface area (Å²) < 4.78 is 5.26. The Hall–Kier alpha value is -0.210. The van der Waals surface area contributed by atoms with Crippen molar-refractivity contribution < 1.29 is 34.3 Å². The topological polar surface area (TPSA) is 36.3 Å². The molecule has 0 aromatic heterocycles.